The Morgan fingerprint density at radius 3 is 2.65 bits per heavy atom. The van der Waals surface area contributed by atoms with Gasteiger partial charge in [-0.25, -0.2) is 4.79 Å². The molecule has 1 aromatic carbocycles. The molecule has 2 heterocycles. The molecule has 0 amide bonds. The van der Waals surface area contributed by atoms with Gasteiger partial charge in [0, 0.05) is 24.2 Å². The number of rotatable bonds is 7. The van der Waals surface area contributed by atoms with E-state index in [1.54, 1.807) is 23.6 Å². The lowest BCUT2D eigenvalue weighted by atomic mass is 10.0. The van der Waals surface area contributed by atoms with Gasteiger partial charge < -0.3 is 18.9 Å². The van der Waals surface area contributed by atoms with E-state index in [1.807, 2.05) is 19.9 Å². The number of hydrogen-bond donors (Lipinski definition) is 1. The molecule has 0 saturated carbocycles. The Bertz CT molecular complexity index is 1240. The molecule has 2 aromatic heterocycles. The van der Waals surface area contributed by atoms with Gasteiger partial charge in [-0.3, -0.25) is 4.79 Å². The first-order chi connectivity index (χ1) is 14.8. The third-order valence-corrected chi connectivity index (χ3v) is 5.01. The minimum Gasteiger partial charge on any atom is -0.477 e. The summed E-state index contributed by atoms with van der Waals surface area (Å²) in [5.41, 5.74) is 0.434. The number of halogens is 1. The molecule has 0 fully saturated rings. The Kier molecular flexibility index (Phi) is 6.47. The lowest BCUT2D eigenvalue weighted by molar-refractivity contribution is 0.0695. The quantitative estimate of drug-likeness (QED) is 0.575. The van der Waals surface area contributed by atoms with Crippen LogP contribution >= 0.6 is 11.6 Å². The lowest BCUT2D eigenvalue weighted by Crippen LogP contribution is -2.22. The molecule has 0 atom stereocenters. The second kappa shape index (κ2) is 9.06. The number of nitriles is 1. The molecule has 0 aliphatic rings. The van der Waals surface area contributed by atoms with Crippen LogP contribution in [0.5, 0.6) is 5.88 Å². The third-order valence-electron chi connectivity index (χ3n) is 4.70. The van der Waals surface area contributed by atoms with Crippen LogP contribution in [0.15, 0.2) is 39.6 Å². The molecule has 0 aliphatic heterocycles. The number of hydrogen-bond acceptors (Lipinski definition) is 6. The summed E-state index contributed by atoms with van der Waals surface area (Å²) in [4.78, 5) is 24.5. The van der Waals surface area contributed by atoms with Crippen LogP contribution in [0.4, 0.5) is 0 Å². The van der Waals surface area contributed by atoms with E-state index in [0.717, 1.165) is 11.8 Å². The predicted molar refractivity (Wildman–Crippen MR) is 113 cm³/mol. The number of ether oxygens (including phenoxy) is 1. The summed E-state index contributed by atoms with van der Waals surface area (Å²) in [5, 5.41) is 22.9. The van der Waals surface area contributed by atoms with E-state index < -0.39 is 17.0 Å². The van der Waals surface area contributed by atoms with Gasteiger partial charge in [0.2, 0.25) is 5.43 Å². The summed E-state index contributed by atoms with van der Waals surface area (Å²) in [6.07, 6.45) is 0. The Labute approximate surface area is 183 Å². The van der Waals surface area contributed by atoms with Crippen molar-refractivity contribution in [3.63, 3.8) is 0 Å². The fraction of sp³-hybridized carbons (Fsp3) is 0.273. The molecule has 0 saturated heterocycles. The van der Waals surface area contributed by atoms with Crippen molar-refractivity contribution in [1.82, 2.24) is 9.72 Å². The Morgan fingerprint density at radius 2 is 2.10 bits per heavy atom. The normalized spacial score (nSPS) is 10.8. The summed E-state index contributed by atoms with van der Waals surface area (Å²) in [6, 6.07) is 9.35. The molecule has 31 heavy (non-hydrogen) atoms. The number of carboxylic acid groups (broad SMARTS) is 1. The first kappa shape index (κ1) is 22.1. The first-order valence-corrected chi connectivity index (χ1v) is 9.94. The molecule has 9 heteroatoms. The van der Waals surface area contributed by atoms with Crippen molar-refractivity contribution in [3.8, 4) is 23.2 Å². The zero-order valence-corrected chi connectivity index (χ0v) is 17.9. The van der Waals surface area contributed by atoms with Gasteiger partial charge >= 0.3 is 5.97 Å². The number of aromatic nitrogens is 2. The van der Waals surface area contributed by atoms with Crippen LogP contribution in [0.25, 0.3) is 11.3 Å². The predicted octanol–water partition coefficient (Wildman–Crippen LogP) is 4.45. The highest BCUT2D eigenvalue weighted by molar-refractivity contribution is 6.32. The van der Waals surface area contributed by atoms with Gasteiger partial charge in [-0.15, -0.1) is 0 Å². The van der Waals surface area contributed by atoms with Crippen molar-refractivity contribution in [2.75, 3.05) is 0 Å². The fourth-order valence-electron chi connectivity index (χ4n) is 3.13. The van der Waals surface area contributed by atoms with Crippen LogP contribution in [0, 0.1) is 11.3 Å². The average molecular weight is 442 g/mol. The number of pyridine rings is 1. The van der Waals surface area contributed by atoms with Crippen molar-refractivity contribution in [2.45, 2.75) is 39.8 Å². The molecular formula is C22H20ClN3O5. The van der Waals surface area contributed by atoms with Crippen LogP contribution in [0.2, 0.25) is 5.02 Å². The fourth-order valence-corrected chi connectivity index (χ4v) is 3.35. The topological polar surface area (TPSA) is 118 Å². The standard InChI is InChI=1S/C22H20ClN3O5/c1-4-26-19(30-11-15-8-17(12(2)3)25-31-15)9-18(27)20(22(28)29)21(26)13-5-6-14(10-24)16(23)7-13/h5-9,12H,4,11H2,1-3H3,(H,28,29). The number of carbonyl (C=O) groups is 1. The minimum atomic E-state index is -1.37. The molecule has 3 aromatic rings. The van der Waals surface area contributed by atoms with Gasteiger partial charge in [0.1, 0.15) is 11.6 Å². The summed E-state index contributed by atoms with van der Waals surface area (Å²) in [7, 11) is 0. The molecule has 3 rings (SSSR count). The van der Waals surface area contributed by atoms with Crippen LogP contribution in [0.3, 0.4) is 0 Å². The molecule has 160 valence electrons. The SMILES string of the molecule is CCn1c(OCc2cc(C(C)C)no2)cc(=O)c(C(=O)O)c1-c1ccc(C#N)c(Cl)c1. The molecule has 1 N–H and O–H groups in total. The lowest BCUT2D eigenvalue weighted by Gasteiger charge is -2.19. The van der Waals surface area contributed by atoms with Crippen LogP contribution in [-0.2, 0) is 13.2 Å². The maximum absolute atomic E-state index is 12.7. The van der Waals surface area contributed by atoms with E-state index in [2.05, 4.69) is 5.16 Å². The highest BCUT2D eigenvalue weighted by Crippen LogP contribution is 2.30. The van der Waals surface area contributed by atoms with Crippen LogP contribution in [-0.4, -0.2) is 20.8 Å². The van der Waals surface area contributed by atoms with E-state index in [1.165, 1.54) is 12.1 Å². The summed E-state index contributed by atoms with van der Waals surface area (Å²) in [5.74, 6) is -0.528. The van der Waals surface area contributed by atoms with E-state index in [-0.39, 0.29) is 34.7 Å². The van der Waals surface area contributed by atoms with Crippen molar-refractivity contribution >= 4 is 17.6 Å². The van der Waals surface area contributed by atoms with Crippen molar-refractivity contribution in [1.29, 1.82) is 5.26 Å². The van der Waals surface area contributed by atoms with Gasteiger partial charge in [-0.2, -0.15) is 5.26 Å². The van der Waals surface area contributed by atoms with Crippen LogP contribution in [0.1, 0.15) is 54.1 Å². The van der Waals surface area contributed by atoms with Crippen molar-refractivity contribution in [3.05, 3.63) is 68.2 Å². The second-order valence-electron chi connectivity index (χ2n) is 7.09. The van der Waals surface area contributed by atoms with E-state index in [0.29, 0.717) is 17.9 Å². The Balaban J connectivity index is 2.11. The smallest absolute Gasteiger partial charge is 0.341 e. The first-order valence-electron chi connectivity index (χ1n) is 9.56. The van der Waals surface area contributed by atoms with Crippen LogP contribution < -0.4 is 10.2 Å². The van der Waals surface area contributed by atoms with E-state index in [9.17, 15) is 14.7 Å². The zero-order chi connectivity index (χ0) is 22.7. The minimum absolute atomic E-state index is 0.0130. The maximum Gasteiger partial charge on any atom is 0.341 e. The largest absolute Gasteiger partial charge is 0.477 e. The summed E-state index contributed by atoms with van der Waals surface area (Å²) < 4.78 is 12.6. The van der Waals surface area contributed by atoms with Gasteiger partial charge in [0.25, 0.3) is 0 Å². The zero-order valence-electron chi connectivity index (χ0n) is 17.2. The molecule has 0 radical (unpaired) electrons. The number of aromatic carboxylic acids is 1. The van der Waals surface area contributed by atoms with Gasteiger partial charge in [-0.05, 0) is 25.0 Å². The molecule has 8 nitrogen and oxygen atoms in total. The number of carboxylic acids is 1. The molecule has 0 unspecified atom stereocenters. The highest BCUT2D eigenvalue weighted by Gasteiger charge is 2.23. The number of nitrogens with zero attached hydrogens (tertiary/aromatic N) is 3. The summed E-state index contributed by atoms with van der Waals surface area (Å²) in [6.45, 7) is 6.09. The maximum atomic E-state index is 12.7. The van der Waals surface area contributed by atoms with E-state index in [4.69, 9.17) is 26.1 Å². The van der Waals surface area contributed by atoms with Crippen molar-refractivity contribution < 1.29 is 19.2 Å². The van der Waals surface area contributed by atoms with E-state index >= 15 is 0 Å². The van der Waals surface area contributed by atoms with Crippen molar-refractivity contribution in [2.24, 2.45) is 0 Å². The third kappa shape index (κ3) is 4.47. The second-order valence-corrected chi connectivity index (χ2v) is 7.49. The molecule has 0 spiro atoms. The molecule has 0 aliphatic carbocycles. The molecule has 0 bridgehead atoms. The monoisotopic (exact) mass is 441 g/mol. The average Bonchev–Trinajstić information content (AvgIpc) is 3.20. The highest BCUT2D eigenvalue weighted by atomic mass is 35.5. The Morgan fingerprint density at radius 1 is 1.35 bits per heavy atom. The molecular weight excluding hydrogens is 422 g/mol. The Hall–Kier alpha value is -3.57. The number of benzene rings is 1. The van der Waals surface area contributed by atoms with Gasteiger partial charge in [-0.1, -0.05) is 36.7 Å². The van der Waals surface area contributed by atoms with Gasteiger partial charge in [0.05, 0.1) is 22.0 Å². The summed E-state index contributed by atoms with van der Waals surface area (Å²) >= 11 is 6.15. The van der Waals surface area contributed by atoms with Gasteiger partial charge in [0.15, 0.2) is 18.2 Å².